The third-order valence-electron chi connectivity index (χ3n) is 2.72. The van der Waals surface area contributed by atoms with E-state index in [-0.39, 0.29) is 18.0 Å². The Hall–Kier alpha value is -0.490. The van der Waals surface area contributed by atoms with Crippen molar-refractivity contribution in [1.29, 1.82) is 0 Å². The van der Waals surface area contributed by atoms with E-state index in [9.17, 15) is 4.39 Å². The molecule has 0 heterocycles. The highest BCUT2D eigenvalue weighted by Gasteiger charge is 2.12. The van der Waals surface area contributed by atoms with E-state index in [4.69, 9.17) is 10.6 Å². The van der Waals surface area contributed by atoms with Crippen molar-refractivity contribution in [2.75, 3.05) is 7.11 Å². The van der Waals surface area contributed by atoms with Crippen LogP contribution in [0.4, 0.5) is 4.39 Å². The second-order valence-electron chi connectivity index (χ2n) is 4.10. The van der Waals surface area contributed by atoms with Crippen LogP contribution in [0.5, 0.6) is 0 Å². The van der Waals surface area contributed by atoms with Crippen molar-refractivity contribution in [3.05, 3.63) is 34.1 Å². The Labute approximate surface area is 110 Å². The lowest BCUT2D eigenvalue weighted by Gasteiger charge is -2.19. The summed E-state index contributed by atoms with van der Waals surface area (Å²) < 4.78 is 18.8. The number of benzene rings is 1. The van der Waals surface area contributed by atoms with E-state index in [1.165, 1.54) is 6.07 Å². The predicted octanol–water partition coefficient (Wildman–Crippen LogP) is 2.39. The summed E-state index contributed by atoms with van der Waals surface area (Å²) >= 11 is 3.17. The van der Waals surface area contributed by atoms with Crippen molar-refractivity contribution in [2.24, 2.45) is 5.84 Å². The number of methoxy groups -OCH3 is 1. The molecule has 0 spiro atoms. The van der Waals surface area contributed by atoms with Crippen LogP contribution in [0.25, 0.3) is 0 Å². The molecular formula is C12H18BrFN2O. The lowest BCUT2D eigenvalue weighted by Crippen LogP contribution is -2.39. The van der Waals surface area contributed by atoms with Gasteiger partial charge in [-0.3, -0.25) is 11.3 Å². The van der Waals surface area contributed by atoms with E-state index >= 15 is 0 Å². The van der Waals surface area contributed by atoms with Crippen LogP contribution in [0.3, 0.4) is 0 Å². The van der Waals surface area contributed by atoms with E-state index in [2.05, 4.69) is 21.4 Å². The van der Waals surface area contributed by atoms with Gasteiger partial charge in [0.05, 0.1) is 10.6 Å². The van der Waals surface area contributed by atoms with Gasteiger partial charge in [-0.15, -0.1) is 0 Å². The summed E-state index contributed by atoms with van der Waals surface area (Å²) in [6.45, 7) is 1.99. The molecule has 1 aromatic carbocycles. The van der Waals surface area contributed by atoms with Crippen molar-refractivity contribution >= 4 is 15.9 Å². The highest BCUT2D eigenvalue weighted by atomic mass is 79.9. The van der Waals surface area contributed by atoms with Gasteiger partial charge >= 0.3 is 0 Å². The first-order valence-electron chi connectivity index (χ1n) is 5.49. The van der Waals surface area contributed by atoms with Gasteiger partial charge in [0.1, 0.15) is 5.82 Å². The Morgan fingerprint density at radius 3 is 2.76 bits per heavy atom. The number of ether oxygens (including phenoxy) is 1. The molecule has 3 nitrogen and oxygen atoms in total. The van der Waals surface area contributed by atoms with Gasteiger partial charge in [0.15, 0.2) is 0 Å². The monoisotopic (exact) mass is 304 g/mol. The molecule has 0 aliphatic carbocycles. The van der Waals surface area contributed by atoms with E-state index in [1.54, 1.807) is 19.2 Å². The zero-order chi connectivity index (χ0) is 12.8. The predicted molar refractivity (Wildman–Crippen MR) is 70.0 cm³/mol. The van der Waals surface area contributed by atoms with Crippen molar-refractivity contribution in [2.45, 2.75) is 31.9 Å². The van der Waals surface area contributed by atoms with Crippen molar-refractivity contribution in [1.82, 2.24) is 5.43 Å². The summed E-state index contributed by atoms with van der Waals surface area (Å²) in [4.78, 5) is 0. The Morgan fingerprint density at radius 2 is 2.24 bits per heavy atom. The number of hydrogen-bond acceptors (Lipinski definition) is 3. The Morgan fingerprint density at radius 1 is 1.53 bits per heavy atom. The Balaban J connectivity index is 2.63. The first kappa shape index (κ1) is 14.6. The smallest absolute Gasteiger partial charge is 0.137 e. The number of halogens is 2. The molecule has 3 N–H and O–H groups in total. The highest BCUT2D eigenvalue weighted by molar-refractivity contribution is 9.10. The number of hydrogen-bond donors (Lipinski definition) is 2. The molecule has 0 aliphatic heterocycles. The average molecular weight is 305 g/mol. The molecule has 0 saturated carbocycles. The molecule has 0 fully saturated rings. The molecule has 1 rings (SSSR count). The summed E-state index contributed by atoms with van der Waals surface area (Å²) in [6, 6.07) is 5.11. The molecule has 0 amide bonds. The molecule has 0 bridgehead atoms. The highest BCUT2D eigenvalue weighted by Crippen LogP contribution is 2.18. The molecule has 17 heavy (non-hydrogen) atoms. The van der Waals surface area contributed by atoms with Crippen LogP contribution in [0.1, 0.15) is 18.9 Å². The molecule has 96 valence electrons. The van der Waals surface area contributed by atoms with Crippen molar-refractivity contribution < 1.29 is 9.13 Å². The molecule has 2 atom stereocenters. The molecule has 5 heteroatoms. The maximum atomic E-state index is 13.1. The van der Waals surface area contributed by atoms with Crippen molar-refractivity contribution in [3.8, 4) is 0 Å². The molecule has 2 unspecified atom stereocenters. The SMILES string of the molecule is COC(C)CC(Cc1ccc(F)c(Br)c1)NN. The minimum atomic E-state index is -0.253. The maximum absolute atomic E-state index is 13.1. The van der Waals surface area contributed by atoms with Crippen LogP contribution in [-0.2, 0) is 11.2 Å². The average Bonchev–Trinajstić information content (AvgIpc) is 2.32. The molecule has 0 aromatic heterocycles. The van der Waals surface area contributed by atoms with Gasteiger partial charge in [-0.05, 0) is 53.4 Å². The van der Waals surface area contributed by atoms with Crippen LogP contribution in [0.2, 0.25) is 0 Å². The lowest BCUT2D eigenvalue weighted by molar-refractivity contribution is 0.100. The number of nitrogens with one attached hydrogen (secondary N) is 1. The largest absolute Gasteiger partial charge is 0.382 e. The van der Waals surface area contributed by atoms with Gasteiger partial charge < -0.3 is 4.74 Å². The van der Waals surface area contributed by atoms with Gasteiger partial charge in [0.2, 0.25) is 0 Å². The molecule has 0 radical (unpaired) electrons. The normalized spacial score (nSPS) is 14.6. The minimum Gasteiger partial charge on any atom is -0.382 e. The van der Waals surface area contributed by atoms with Gasteiger partial charge in [0.25, 0.3) is 0 Å². The summed E-state index contributed by atoms with van der Waals surface area (Å²) in [7, 11) is 1.67. The van der Waals surface area contributed by atoms with Crippen LogP contribution in [-0.4, -0.2) is 19.3 Å². The lowest BCUT2D eigenvalue weighted by atomic mass is 10.0. The van der Waals surface area contributed by atoms with E-state index in [1.807, 2.05) is 6.92 Å². The molecular weight excluding hydrogens is 287 g/mol. The second-order valence-corrected chi connectivity index (χ2v) is 4.95. The molecule has 0 saturated heterocycles. The maximum Gasteiger partial charge on any atom is 0.137 e. The fraction of sp³-hybridized carbons (Fsp3) is 0.500. The minimum absolute atomic E-state index is 0.113. The van der Waals surface area contributed by atoms with Crippen LogP contribution < -0.4 is 11.3 Å². The first-order valence-corrected chi connectivity index (χ1v) is 6.29. The standard InChI is InChI=1S/C12H18BrFN2O/c1-8(17-2)5-10(16-15)6-9-3-4-12(14)11(13)7-9/h3-4,7-8,10,16H,5-6,15H2,1-2H3. The Bertz CT molecular complexity index is 362. The van der Waals surface area contributed by atoms with Gasteiger partial charge in [0, 0.05) is 13.2 Å². The molecule has 1 aromatic rings. The fourth-order valence-corrected chi connectivity index (χ4v) is 2.08. The topological polar surface area (TPSA) is 47.3 Å². The zero-order valence-corrected chi connectivity index (χ0v) is 11.6. The zero-order valence-electron chi connectivity index (χ0n) is 10.0. The molecule has 0 aliphatic rings. The number of nitrogens with two attached hydrogens (primary N) is 1. The summed E-state index contributed by atoms with van der Waals surface area (Å²) in [6.07, 6.45) is 1.69. The van der Waals surface area contributed by atoms with Gasteiger partial charge in [-0.1, -0.05) is 6.07 Å². The number of hydrazine groups is 1. The van der Waals surface area contributed by atoms with Gasteiger partial charge in [-0.25, -0.2) is 4.39 Å². The van der Waals surface area contributed by atoms with E-state index in [0.717, 1.165) is 18.4 Å². The summed E-state index contributed by atoms with van der Waals surface area (Å²) in [5.74, 6) is 5.25. The quantitative estimate of drug-likeness (QED) is 0.627. The summed E-state index contributed by atoms with van der Waals surface area (Å²) in [5, 5.41) is 0. The van der Waals surface area contributed by atoms with Crippen LogP contribution >= 0.6 is 15.9 Å². The third kappa shape index (κ3) is 4.71. The van der Waals surface area contributed by atoms with E-state index < -0.39 is 0 Å². The first-order chi connectivity index (χ1) is 8.06. The van der Waals surface area contributed by atoms with E-state index in [0.29, 0.717) is 4.47 Å². The van der Waals surface area contributed by atoms with Crippen molar-refractivity contribution in [3.63, 3.8) is 0 Å². The fourth-order valence-electron chi connectivity index (χ4n) is 1.66. The second kappa shape index (κ2) is 7.06. The van der Waals surface area contributed by atoms with Crippen LogP contribution in [0.15, 0.2) is 22.7 Å². The third-order valence-corrected chi connectivity index (χ3v) is 3.33. The van der Waals surface area contributed by atoms with Crippen LogP contribution in [0, 0.1) is 5.82 Å². The van der Waals surface area contributed by atoms with Gasteiger partial charge in [-0.2, -0.15) is 0 Å². The summed E-state index contributed by atoms with van der Waals surface area (Å²) in [5.41, 5.74) is 3.79. The Kier molecular flexibility index (Phi) is 6.05. The number of rotatable bonds is 6.